The van der Waals surface area contributed by atoms with E-state index in [2.05, 4.69) is 50.0 Å². The van der Waals surface area contributed by atoms with E-state index in [1.165, 1.54) is 14.7 Å². The van der Waals surface area contributed by atoms with Gasteiger partial charge in [-0.05, 0) is 34.6 Å². The summed E-state index contributed by atoms with van der Waals surface area (Å²) < 4.78 is 10.1. The highest BCUT2D eigenvalue weighted by Gasteiger charge is 2.21. The molecule has 0 radical (unpaired) electrons. The Morgan fingerprint density at radius 3 is 2.29 bits per heavy atom. The zero-order valence-electron chi connectivity index (χ0n) is 20.7. The number of nitrogens with zero attached hydrogens (tertiary/aromatic N) is 4. The minimum atomic E-state index is -0.421. The van der Waals surface area contributed by atoms with Gasteiger partial charge < -0.3 is 9.30 Å². The van der Waals surface area contributed by atoms with Gasteiger partial charge in [0, 0.05) is 13.1 Å². The van der Waals surface area contributed by atoms with Gasteiger partial charge in [-0.15, -0.1) is 0 Å². The molecule has 0 saturated carbocycles. The van der Waals surface area contributed by atoms with Gasteiger partial charge in [-0.25, -0.2) is 14.3 Å². The number of para-hydroxylation sites is 2. The fraction of sp³-hybridized carbons (Fsp3) is 0.370. The first kappa shape index (κ1) is 23.5. The van der Waals surface area contributed by atoms with Crippen molar-refractivity contribution in [1.82, 2.24) is 18.7 Å². The molecule has 0 aliphatic rings. The van der Waals surface area contributed by atoms with Crippen molar-refractivity contribution in [3.8, 4) is 11.4 Å². The molecule has 34 heavy (non-hydrogen) atoms. The average Bonchev–Trinajstić information content (AvgIpc) is 3.20. The van der Waals surface area contributed by atoms with Crippen LogP contribution in [0.4, 0.5) is 0 Å². The van der Waals surface area contributed by atoms with Crippen molar-refractivity contribution in [3.63, 3.8) is 0 Å². The largest absolute Gasteiger partial charge is 0.495 e. The van der Waals surface area contributed by atoms with Gasteiger partial charge in [0.25, 0.3) is 5.56 Å². The summed E-state index contributed by atoms with van der Waals surface area (Å²) in [5, 5.41) is 0. The fourth-order valence-electron chi connectivity index (χ4n) is 4.16. The second kappa shape index (κ2) is 8.97. The van der Waals surface area contributed by atoms with Crippen molar-refractivity contribution in [3.05, 3.63) is 86.8 Å². The first-order valence-corrected chi connectivity index (χ1v) is 11.5. The highest BCUT2D eigenvalue weighted by Crippen LogP contribution is 2.25. The van der Waals surface area contributed by atoms with Crippen LogP contribution in [0, 0.1) is 5.92 Å². The Labute approximate surface area is 199 Å². The lowest BCUT2D eigenvalue weighted by molar-refractivity contribution is 0.411. The van der Waals surface area contributed by atoms with Crippen LogP contribution in [0.15, 0.2) is 64.4 Å². The maximum absolute atomic E-state index is 13.5. The number of imidazole rings is 1. The monoisotopic (exact) mass is 460 g/mol. The molecule has 0 N–H and O–H groups in total. The summed E-state index contributed by atoms with van der Waals surface area (Å²) in [7, 11) is 1.56. The summed E-state index contributed by atoms with van der Waals surface area (Å²) in [5.41, 5.74) is 2.89. The molecule has 2 aromatic heterocycles. The van der Waals surface area contributed by atoms with Gasteiger partial charge in [-0.3, -0.25) is 9.36 Å². The normalized spacial score (nSPS) is 12.0. The highest BCUT2D eigenvalue weighted by molar-refractivity contribution is 5.73. The van der Waals surface area contributed by atoms with E-state index in [9.17, 15) is 9.59 Å². The van der Waals surface area contributed by atoms with E-state index >= 15 is 0 Å². The van der Waals surface area contributed by atoms with Crippen LogP contribution >= 0.6 is 0 Å². The van der Waals surface area contributed by atoms with Crippen molar-refractivity contribution in [2.24, 2.45) is 5.92 Å². The maximum atomic E-state index is 13.5. The topological polar surface area (TPSA) is 71.1 Å². The number of fused-ring (bicyclic) bond motifs is 1. The quantitative estimate of drug-likeness (QED) is 0.429. The van der Waals surface area contributed by atoms with Gasteiger partial charge in [0.1, 0.15) is 5.75 Å². The van der Waals surface area contributed by atoms with Crippen LogP contribution in [0.1, 0.15) is 45.7 Å². The van der Waals surface area contributed by atoms with Gasteiger partial charge in [-0.2, -0.15) is 0 Å². The summed E-state index contributed by atoms with van der Waals surface area (Å²) in [6.45, 7) is 11.3. The van der Waals surface area contributed by atoms with Crippen LogP contribution in [0.2, 0.25) is 0 Å². The fourth-order valence-corrected chi connectivity index (χ4v) is 4.16. The molecule has 0 fully saturated rings. The molecule has 7 nitrogen and oxygen atoms in total. The van der Waals surface area contributed by atoms with Crippen LogP contribution < -0.4 is 16.0 Å². The Kier molecular flexibility index (Phi) is 6.21. The minimum Gasteiger partial charge on any atom is -0.495 e. The van der Waals surface area contributed by atoms with Crippen molar-refractivity contribution in [1.29, 1.82) is 0 Å². The molecule has 0 aliphatic heterocycles. The predicted molar refractivity (Wildman–Crippen MR) is 135 cm³/mol. The van der Waals surface area contributed by atoms with Crippen molar-refractivity contribution in [2.45, 2.75) is 53.1 Å². The van der Waals surface area contributed by atoms with Crippen LogP contribution in [-0.4, -0.2) is 25.8 Å². The zero-order valence-corrected chi connectivity index (χ0v) is 20.7. The highest BCUT2D eigenvalue weighted by atomic mass is 16.5. The number of ether oxygens (including phenoxy) is 1. The van der Waals surface area contributed by atoms with Gasteiger partial charge in [0.05, 0.1) is 19.1 Å². The minimum absolute atomic E-state index is 0.0651. The molecule has 0 atom stereocenters. The molecule has 0 amide bonds. The second-order valence-corrected chi connectivity index (χ2v) is 10.1. The first-order valence-electron chi connectivity index (χ1n) is 11.5. The summed E-state index contributed by atoms with van der Waals surface area (Å²) in [5.74, 6) is 0.656. The number of aromatic nitrogens is 4. The molecule has 0 unspecified atom stereocenters. The molecule has 4 aromatic rings. The molecule has 4 rings (SSSR count). The smallest absolute Gasteiger partial charge is 0.337 e. The van der Waals surface area contributed by atoms with E-state index in [-0.39, 0.29) is 16.9 Å². The van der Waals surface area contributed by atoms with Crippen molar-refractivity contribution in [2.75, 3.05) is 7.11 Å². The number of hydrogen-bond acceptors (Lipinski definition) is 4. The van der Waals surface area contributed by atoms with Crippen LogP contribution in [0.25, 0.3) is 16.9 Å². The molecule has 2 aromatic carbocycles. The van der Waals surface area contributed by atoms with Crippen LogP contribution in [0.5, 0.6) is 5.75 Å². The van der Waals surface area contributed by atoms with Gasteiger partial charge in [-0.1, -0.05) is 71.0 Å². The second-order valence-electron chi connectivity index (χ2n) is 10.1. The third kappa shape index (κ3) is 4.30. The van der Waals surface area contributed by atoms with E-state index in [0.29, 0.717) is 35.7 Å². The average molecular weight is 461 g/mol. The summed E-state index contributed by atoms with van der Waals surface area (Å²) in [4.78, 5) is 31.6. The Balaban J connectivity index is 1.93. The molecule has 178 valence electrons. The van der Waals surface area contributed by atoms with E-state index in [0.717, 1.165) is 5.56 Å². The predicted octanol–water partition coefficient (Wildman–Crippen LogP) is 4.36. The molecule has 0 saturated heterocycles. The Hall–Kier alpha value is -3.61. The lowest BCUT2D eigenvalue weighted by Gasteiger charge is -2.19. The van der Waals surface area contributed by atoms with Crippen molar-refractivity contribution >= 4 is 11.2 Å². The van der Waals surface area contributed by atoms with Gasteiger partial charge in [0.15, 0.2) is 11.2 Å². The molecular formula is C27H32N4O3. The van der Waals surface area contributed by atoms with Gasteiger partial charge in [0.2, 0.25) is 0 Å². The Morgan fingerprint density at radius 1 is 1.00 bits per heavy atom. The first-order chi connectivity index (χ1) is 16.1. The van der Waals surface area contributed by atoms with Crippen LogP contribution in [-0.2, 0) is 18.5 Å². The van der Waals surface area contributed by atoms with E-state index < -0.39 is 5.69 Å². The lowest BCUT2D eigenvalue weighted by atomic mass is 9.87. The zero-order chi connectivity index (χ0) is 24.6. The third-order valence-electron chi connectivity index (χ3n) is 5.95. The summed E-state index contributed by atoms with van der Waals surface area (Å²) in [6.07, 6.45) is 1.63. The molecule has 0 aliphatic carbocycles. The third-order valence-corrected chi connectivity index (χ3v) is 5.95. The van der Waals surface area contributed by atoms with Crippen molar-refractivity contribution < 1.29 is 4.74 Å². The lowest BCUT2D eigenvalue weighted by Crippen LogP contribution is -2.41. The van der Waals surface area contributed by atoms with Gasteiger partial charge >= 0.3 is 5.69 Å². The van der Waals surface area contributed by atoms with Crippen LogP contribution in [0.3, 0.4) is 0 Å². The molecular weight excluding hydrogens is 428 g/mol. The number of benzene rings is 2. The Morgan fingerprint density at radius 2 is 1.68 bits per heavy atom. The van der Waals surface area contributed by atoms with E-state index in [1.807, 2.05) is 30.5 Å². The number of hydrogen-bond donors (Lipinski definition) is 0. The number of rotatable bonds is 6. The van der Waals surface area contributed by atoms with E-state index in [4.69, 9.17) is 4.74 Å². The molecule has 7 heteroatoms. The van der Waals surface area contributed by atoms with E-state index in [1.54, 1.807) is 25.6 Å². The summed E-state index contributed by atoms with van der Waals surface area (Å²) in [6, 6.07) is 15.7. The molecule has 2 heterocycles. The Bertz CT molecular complexity index is 1430. The number of methoxy groups -OCH3 is 1. The maximum Gasteiger partial charge on any atom is 0.337 e. The molecule has 0 bridgehead atoms. The molecule has 0 spiro atoms. The standard InChI is InChI=1S/C27H32N4O3/c1-18(2)15-30-25(32)23-24(31(26(30)33)21-9-7-8-10-22(21)34-6)28-17-29(23)16-19-11-13-20(14-12-19)27(3,4)5/h7-14,17-18H,15-16H2,1-6H3. The summed E-state index contributed by atoms with van der Waals surface area (Å²) >= 11 is 0. The SMILES string of the molecule is COc1ccccc1-n1c(=O)n(CC(C)C)c(=O)c2c1ncn2Cc1ccc(C(C)(C)C)cc1.